The molecule has 204 valence electrons. The molecule has 38 heavy (non-hydrogen) atoms. The van der Waals surface area contributed by atoms with Crippen molar-refractivity contribution in [3.63, 3.8) is 0 Å². The highest BCUT2D eigenvalue weighted by Gasteiger charge is 2.34. The molecule has 0 radical (unpaired) electrons. The van der Waals surface area contributed by atoms with Gasteiger partial charge in [-0.15, -0.1) is 13.2 Å². The average Bonchev–Trinajstić information content (AvgIpc) is 2.86. The minimum atomic E-state index is -5.28. The molecule has 3 aromatic rings. The maximum absolute atomic E-state index is 14.9. The van der Waals surface area contributed by atoms with Gasteiger partial charge in [0.15, 0.2) is 11.6 Å². The summed E-state index contributed by atoms with van der Waals surface area (Å²) in [6, 6.07) is 13.3. The van der Waals surface area contributed by atoms with Crippen LogP contribution in [0.3, 0.4) is 0 Å². The molecule has 1 aliphatic carbocycles. The fourth-order valence-electron chi connectivity index (χ4n) is 4.71. The molecule has 0 unspecified atom stereocenters. The lowest BCUT2D eigenvalue weighted by atomic mass is 9.77. The maximum Gasteiger partial charge on any atom is 0.573 e. The number of halogens is 6. The van der Waals surface area contributed by atoms with E-state index in [0.717, 1.165) is 25.7 Å². The third-order valence-electron chi connectivity index (χ3n) is 6.63. The van der Waals surface area contributed by atoms with Gasteiger partial charge in [-0.25, -0.2) is 13.2 Å². The Morgan fingerprint density at radius 2 is 1.45 bits per heavy atom. The molecule has 1 fully saturated rings. The number of rotatable bonds is 8. The Morgan fingerprint density at radius 3 is 2.03 bits per heavy atom. The first kappa shape index (κ1) is 28.0. The van der Waals surface area contributed by atoms with Crippen LogP contribution < -0.4 is 4.74 Å². The van der Waals surface area contributed by atoms with Crippen LogP contribution in [0.4, 0.5) is 26.3 Å². The lowest BCUT2D eigenvalue weighted by Gasteiger charge is -2.29. The summed E-state index contributed by atoms with van der Waals surface area (Å²) >= 11 is 0. The monoisotopic (exact) mass is 558 g/mol. The SMILES string of the molecule is O=S(=O)(OCCC1CCC(c2ccc(-c3cc(F)c(OC(F)(F)F)c(F)c3)c(F)c2)CC1)c1ccccc1. The van der Waals surface area contributed by atoms with E-state index in [1.807, 2.05) is 0 Å². The van der Waals surface area contributed by atoms with Crippen molar-refractivity contribution in [3.8, 4) is 16.9 Å². The van der Waals surface area contributed by atoms with Gasteiger partial charge < -0.3 is 4.74 Å². The van der Waals surface area contributed by atoms with E-state index in [1.165, 1.54) is 24.3 Å². The van der Waals surface area contributed by atoms with Crippen LogP contribution in [-0.4, -0.2) is 21.4 Å². The Labute approximate surface area is 216 Å². The molecule has 1 saturated carbocycles. The van der Waals surface area contributed by atoms with Crippen molar-refractivity contribution in [1.82, 2.24) is 0 Å². The number of benzene rings is 3. The standard InChI is InChI=1S/C27H24F6O4S/c28-23-14-19(10-11-22(23)20-15-24(29)26(25(30)16-20)37-27(31,32)33)18-8-6-17(7-9-18)12-13-36-38(34,35)21-4-2-1-3-5-21/h1-5,10-11,14-18H,6-9,12-13H2. The zero-order chi connectivity index (χ0) is 27.5. The number of hydrogen-bond acceptors (Lipinski definition) is 4. The van der Waals surface area contributed by atoms with E-state index in [4.69, 9.17) is 4.18 Å². The van der Waals surface area contributed by atoms with Crippen LogP contribution in [0.15, 0.2) is 65.6 Å². The van der Waals surface area contributed by atoms with Gasteiger partial charge >= 0.3 is 6.36 Å². The number of alkyl halides is 3. The van der Waals surface area contributed by atoms with Gasteiger partial charge in [0.25, 0.3) is 10.1 Å². The molecule has 0 bridgehead atoms. The second kappa shape index (κ2) is 11.4. The summed E-state index contributed by atoms with van der Waals surface area (Å²) in [5.41, 5.74) is 0.286. The van der Waals surface area contributed by atoms with E-state index in [0.29, 0.717) is 24.1 Å². The normalized spacial score (nSPS) is 18.4. The Hall–Kier alpha value is -3.05. The van der Waals surface area contributed by atoms with E-state index in [1.54, 1.807) is 24.3 Å². The van der Waals surface area contributed by atoms with Crippen molar-refractivity contribution in [2.75, 3.05) is 6.61 Å². The van der Waals surface area contributed by atoms with Crippen LogP contribution in [0, 0.1) is 23.4 Å². The summed E-state index contributed by atoms with van der Waals surface area (Å²) in [7, 11) is -3.81. The van der Waals surface area contributed by atoms with Gasteiger partial charge in [-0.1, -0.05) is 30.3 Å². The third kappa shape index (κ3) is 6.87. The molecule has 0 amide bonds. The lowest BCUT2D eigenvalue weighted by Crippen LogP contribution is -2.19. The van der Waals surface area contributed by atoms with E-state index in [-0.39, 0.29) is 34.5 Å². The smallest absolute Gasteiger partial charge is 0.399 e. The molecule has 0 saturated heterocycles. The zero-order valence-corrected chi connectivity index (χ0v) is 20.8. The molecule has 4 rings (SSSR count). The van der Waals surface area contributed by atoms with Gasteiger partial charge in [-0.05, 0) is 85.4 Å². The highest BCUT2D eigenvalue weighted by atomic mass is 32.2. The second-order valence-electron chi connectivity index (χ2n) is 9.15. The molecule has 0 N–H and O–H groups in total. The molecule has 1 aliphatic rings. The third-order valence-corrected chi connectivity index (χ3v) is 7.96. The molecule has 11 heteroatoms. The molecule has 4 nitrogen and oxygen atoms in total. The fourth-order valence-corrected chi connectivity index (χ4v) is 5.65. The fraction of sp³-hybridized carbons (Fsp3) is 0.333. The second-order valence-corrected chi connectivity index (χ2v) is 10.8. The van der Waals surface area contributed by atoms with Gasteiger partial charge in [0, 0.05) is 5.56 Å². The van der Waals surface area contributed by atoms with E-state index >= 15 is 0 Å². The van der Waals surface area contributed by atoms with Crippen molar-refractivity contribution in [1.29, 1.82) is 0 Å². The van der Waals surface area contributed by atoms with Crippen molar-refractivity contribution in [2.45, 2.75) is 49.3 Å². The summed E-state index contributed by atoms with van der Waals surface area (Å²) < 4.78 is 113. The molecule has 0 spiro atoms. The first-order chi connectivity index (χ1) is 17.9. The minimum Gasteiger partial charge on any atom is -0.399 e. The molecule has 0 aromatic heterocycles. The lowest BCUT2D eigenvalue weighted by molar-refractivity contribution is -0.276. The quantitative estimate of drug-likeness (QED) is 0.210. The molecular formula is C27H24F6O4S. The van der Waals surface area contributed by atoms with Crippen molar-refractivity contribution in [2.24, 2.45) is 5.92 Å². The van der Waals surface area contributed by atoms with Crippen LogP contribution >= 0.6 is 0 Å². The Kier molecular flexibility index (Phi) is 8.37. The zero-order valence-electron chi connectivity index (χ0n) is 20.0. The molecule has 0 aliphatic heterocycles. The Bertz CT molecular complexity index is 1350. The van der Waals surface area contributed by atoms with Gasteiger partial charge in [-0.3, -0.25) is 4.18 Å². The maximum atomic E-state index is 14.9. The highest BCUT2D eigenvalue weighted by molar-refractivity contribution is 7.86. The Balaban J connectivity index is 1.34. The van der Waals surface area contributed by atoms with Crippen LogP contribution in [0.2, 0.25) is 0 Å². The van der Waals surface area contributed by atoms with Gasteiger partial charge in [0.05, 0.1) is 11.5 Å². The first-order valence-corrected chi connectivity index (χ1v) is 13.3. The largest absolute Gasteiger partial charge is 0.573 e. The minimum absolute atomic E-state index is 0.0415. The van der Waals surface area contributed by atoms with E-state index in [9.17, 15) is 34.8 Å². The number of hydrogen-bond donors (Lipinski definition) is 0. The van der Waals surface area contributed by atoms with Crippen LogP contribution in [0.25, 0.3) is 11.1 Å². The first-order valence-electron chi connectivity index (χ1n) is 11.9. The average molecular weight is 559 g/mol. The Morgan fingerprint density at radius 1 is 0.816 bits per heavy atom. The van der Waals surface area contributed by atoms with Crippen LogP contribution in [0.1, 0.15) is 43.6 Å². The summed E-state index contributed by atoms with van der Waals surface area (Å²) in [5.74, 6) is -5.26. The molecular weight excluding hydrogens is 534 g/mol. The van der Waals surface area contributed by atoms with Crippen LogP contribution in [0.5, 0.6) is 5.75 Å². The van der Waals surface area contributed by atoms with Crippen molar-refractivity contribution < 1.29 is 43.7 Å². The van der Waals surface area contributed by atoms with Crippen molar-refractivity contribution in [3.05, 3.63) is 83.7 Å². The van der Waals surface area contributed by atoms with Crippen LogP contribution in [-0.2, 0) is 14.3 Å². The van der Waals surface area contributed by atoms with Gasteiger partial charge in [0.1, 0.15) is 5.82 Å². The molecule has 0 heterocycles. The predicted molar refractivity (Wildman–Crippen MR) is 127 cm³/mol. The number of ether oxygens (including phenoxy) is 1. The summed E-state index contributed by atoms with van der Waals surface area (Å²) in [5, 5.41) is 0. The molecule has 0 atom stereocenters. The topological polar surface area (TPSA) is 52.6 Å². The summed E-state index contributed by atoms with van der Waals surface area (Å²) in [6.45, 7) is 0.0653. The van der Waals surface area contributed by atoms with Gasteiger partial charge in [-0.2, -0.15) is 8.42 Å². The van der Waals surface area contributed by atoms with E-state index < -0.39 is 39.7 Å². The molecule has 3 aromatic carbocycles. The summed E-state index contributed by atoms with van der Waals surface area (Å²) in [6.07, 6.45) is -1.65. The van der Waals surface area contributed by atoms with E-state index in [2.05, 4.69) is 4.74 Å². The predicted octanol–water partition coefficient (Wildman–Crippen LogP) is 7.74. The van der Waals surface area contributed by atoms with Gasteiger partial charge in [0.2, 0.25) is 5.75 Å². The van der Waals surface area contributed by atoms with Crippen molar-refractivity contribution >= 4 is 10.1 Å². The highest BCUT2D eigenvalue weighted by Crippen LogP contribution is 2.39. The summed E-state index contributed by atoms with van der Waals surface area (Å²) in [4.78, 5) is 0.102.